The summed E-state index contributed by atoms with van der Waals surface area (Å²) in [6.45, 7) is 6.07. The molecule has 4 rings (SSSR count). The average molecular weight is 368 g/mol. The minimum Gasteiger partial charge on any atom is -0.359 e. The second-order valence-corrected chi connectivity index (χ2v) is 7.16. The molecule has 0 atom stereocenters. The summed E-state index contributed by atoms with van der Waals surface area (Å²) < 4.78 is 5.54. The number of piperazine rings is 1. The van der Waals surface area contributed by atoms with Gasteiger partial charge in [-0.05, 0) is 17.7 Å². The van der Waals surface area contributed by atoms with E-state index in [2.05, 4.69) is 45.3 Å². The zero-order valence-corrected chi connectivity index (χ0v) is 15.4. The van der Waals surface area contributed by atoms with Crippen molar-refractivity contribution in [2.24, 2.45) is 0 Å². The third-order valence-electron chi connectivity index (χ3n) is 4.79. The molecule has 26 heavy (non-hydrogen) atoms. The lowest BCUT2D eigenvalue weighted by Crippen LogP contribution is -2.45. The van der Waals surface area contributed by atoms with Gasteiger partial charge in [0.2, 0.25) is 0 Å². The summed E-state index contributed by atoms with van der Waals surface area (Å²) in [7, 11) is 0. The molecule has 0 spiro atoms. The van der Waals surface area contributed by atoms with E-state index in [9.17, 15) is 0 Å². The number of rotatable bonds is 5. The van der Waals surface area contributed by atoms with E-state index < -0.39 is 0 Å². The lowest BCUT2D eigenvalue weighted by atomic mass is 10.1. The summed E-state index contributed by atoms with van der Waals surface area (Å²) in [4.78, 5) is 4.93. The Kier molecular flexibility index (Phi) is 5.34. The third-order valence-corrected chi connectivity index (χ3v) is 5.04. The fourth-order valence-corrected chi connectivity index (χ4v) is 3.44. The normalized spacial score (nSPS) is 16.0. The molecule has 1 aliphatic heterocycles. The van der Waals surface area contributed by atoms with Crippen LogP contribution >= 0.6 is 11.6 Å². The van der Waals surface area contributed by atoms with Crippen molar-refractivity contribution >= 4 is 11.6 Å². The Morgan fingerprint density at radius 1 is 0.846 bits per heavy atom. The summed E-state index contributed by atoms with van der Waals surface area (Å²) in [5.41, 5.74) is 3.26. The zero-order valence-electron chi connectivity index (χ0n) is 14.6. The van der Waals surface area contributed by atoms with Gasteiger partial charge in [0, 0.05) is 49.4 Å². The number of halogens is 1. The molecule has 2 heterocycles. The van der Waals surface area contributed by atoms with Crippen molar-refractivity contribution in [2.75, 3.05) is 26.2 Å². The van der Waals surface area contributed by atoms with Crippen molar-refractivity contribution in [3.8, 4) is 11.3 Å². The molecule has 0 unspecified atom stereocenters. The number of benzene rings is 2. The molecule has 1 aromatic heterocycles. The summed E-state index contributed by atoms with van der Waals surface area (Å²) in [6, 6.07) is 20.4. The van der Waals surface area contributed by atoms with Crippen molar-refractivity contribution in [1.82, 2.24) is 15.0 Å². The maximum absolute atomic E-state index is 5.94. The highest BCUT2D eigenvalue weighted by atomic mass is 35.5. The van der Waals surface area contributed by atoms with E-state index in [0.717, 1.165) is 61.3 Å². The lowest BCUT2D eigenvalue weighted by Gasteiger charge is -2.34. The van der Waals surface area contributed by atoms with Gasteiger partial charge in [-0.15, -0.1) is 0 Å². The zero-order chi connectivity index (χ0) is 17.8. The van der Waals surface area contributed by atoms with Crippen LogP contribution in [0.15, 0.2) is 65.2 Å². The Bertz CT molecular complexity index is 824. The van der Waals surface area contributed by atoms with Gasteiger partial charge >= 0.3 is 0 Å². The monoisotopic (exact) mass is 367 g/mol. The SMILES string of the molecule is Clc1ccc(-c2cc(CN3CCN(Cc4ccccc4)CC3)on2)cc1. The molecule has 3 aromatic rings. The van der Waals surface area contributed by atoms with Crippen LogP contribution < -0.4 is 0 Å². The van der Waals surface area contributed by atoms with E-state index >= 15 is 0 Å². The largest absolute Gasteiger partial charge is 0.359 e. The van der Waals surface area contributed by atoms with Crippen LogP contribution in [0.3, 0.4) is 0 Å². The van der Waals surface area contributed by atoms with Gasteiger partial charge in [0.1, 0.15) is 5.69 Å². The first-order chi connectivity index (χ1) is 12.8. The van der Waals surface area contributed by atoms with Gasteiger partial charge in [0.05, 0.1) is 6.54 Å². The van der Waals surface area contributed by atoms with Crippen molar-refractivity contribution < 1.29 is 4.52 Å². The topological polar surface area (TPSA) is 32.5 Å². The van der Waals surface area contributed by atoms with Gasteiger partial charge in [-0.2, -0.15) is 0 Å². The van der Waals surface area contributed by atoms with Crippen molar-refractivity contribution in [2.45, 2.75) is 13.1 Å². The van der Waals surface area contributed by atoms with Crippen LogP contribution in [-0.4, -0.2) is 41.1 Å². The second-order valence-electron chi connectivity index (χ2n) is 6.72. The molecule has 134 valence electrons. The van der Waals surface area contributed by atoms with Gasteiger partial charge in [-0.1, -0.05) is 59.2 Å². The van der Waals surface area contributed by atoms with Crippen LogP contribution in [0.5, 0.6) is 0 Å². The van der Waals surface area contributed by atoms with Crippen LogP contribution in [0.4, 0.5) is 0 Å². The standard InChI is InChI=1S/C21H22ClN3O/c22-19-8-6-18(7-9-19)21-14-20(26-23-21)16-25-12-10-24(11-13-25)15-17-4-2-1-3-5-17/h1-9,14H,10-13,15-16H2. The molecule has 0 radical (unpaired) electrons. The Morgan fingerprint density at radius 2 is 1.50 bits per heavy atom. The number of nitrogens with zero attached hydrogens (tertiary/aromatic N) is 3. The molecule has 4 nitrogen and oxygen atoms in total. The first-order valence-corrected chi connectivity index (χ1v) is 9.34. The molecule has 0 aliphatic carbocycles. The van der Waals surface area contributed by atoms with Crippen molar-refractivity contribution in [1.29, 1.82) is 0 Å². The van der Waals surface area contributed by atoms with E-state index in [1.54, 1.807) is 0 Å². The third kappa shape index (κ3) is 4.33. The highest BCUT2D eigenvalue weighted by Gasteiger charge is 2.18. The van der Waals surface area contributed by atoms with Gasteiger partial charge in [-0.25, -0.2) is 0 Å². The van der Waals surface area contributed by atoms with E-state index in [-0.39, 0.29) is 0 Å². The van der Waals surface area contributed by atoms with Gasteiger partial charge in [0.25, 0.3) is 0 Å². The molecule has 0 amide bonds. The number of hydrogen-bond acceptors (Lipinski definition) is 4. The van der Waals surface area contributed by atoms with E-state index in [0.29, 0.717) is 0 Å². The van der Waals surface area contributed by atoms with E-state index in [1.165, 1.54) is 5.56 Å². The highest BCUT2D eigenvalue weighted by molar-refractivity contribution is 6.30. The van der Waals surface area contributed by atoms with Crippen molar-refractivity contribution in [3.63, 3.8) is 0 Å². The molecule has 0 bridgehead atoms. The van der Waals surface area contributed by atoms with Crippen molar-refractivity contribution in [3.05, 3.63) is 77.0 Å². The predicted octanol–water partition coefficient (Wildman–Crippen LogP) is 4.31. The molecule has 0 saturated carbocycles. The Morgan fingerprint density at radius 3 is 2.19 bits per heavy atom. The van der Waals surface area contributed by atoms with Crippen LogP contribution in [0.25, 0.3) is 11.3 Å². The summed E-state index contributed by atoms with van der Waals surface area (Å²) in [6.07, 6.45) is 0. The molecule has 0 N–H and O–H groups in total. The lowest BCUT2D eigenvalue weighted by molar-refractivity contribution is 0.114. The molecule has 5 heteroatoms. The highest BCUT2D eigenvalue weighted by Crippen LogP contribution is 2.22. The predicted molar refractivity (Wildman–Crippen MR) is 104 cm³/mol. The fraction of sp³-hybridized carbons (Fsp3) is 0.286. The first-order valence-electron chi connectivity index (χ1n) is 8.96. The van der Waals surface area contributed by atoms with E-state index in [4.69, 9.17) is 16.1 Å². The van der Waals surface area contributed by atoms with Gasteiger partial charge in [0.15, 0.2) is 5.76 Å². The molecular weight excluding hydrogens is 346 g/mol. The summed E-state index contributed by atoms with van der Waals surface area (Å²) in [5, 5.41) is 4.92. The minimum atomic E-state index is 0.728. The minimum absolute atomic E-state index is 0.728. The first kappa shape index (κ1) is 17.3. The molecule has 1 fully saturated rings. The van der Waals surface area contributed by atoms with Gasteiger partial charge in [-0.3, -0.25) is 9.80 Å². The Balaban J connectivity index is 1.30. The Hall–Kier alpha value is -2.14. The van der Waals surface area contributed by atoms with Crippen LogP contribution in [-0.2, 0) is 13.1 Å². The maximum atomic E-state index is 5.94. The molecule has 1 aliphatic rings. The average Bonchev–Trinajstić information content (AvgIpc) is 3.13. The fourth-order valence-electron chi connectivity index (χ4n) is 3.31. The van der Waals surface area contributed by atoms with Crippen LogP contribution in [0.1, 0.15) is 11.3 Å². The number of aromatic nitrogens is 1. The molecule has 1 saturated heterocycles. The van der Waals surface area contributed by atoms with E-state index in [1.807, 2.05) is 30.3 Å². The maximum Gasteiger partial charge on any atom is 0.151 e. The van der Waals surface area contributed by atoms with Crippen LogP contribution in [0.2, 0.25) is 5.02 Å². The van der Waals surface area contributed by atoms with Crippen LogP contribution in [0, 0.1) is 0 Å². The molecular formula is C21H22ClN3O. The summed E-state index contributed by atoms with van der Waals surface area (Å²) >= 11 is 5.94. The van der Waals surface area contributed by atoms with Gasteiger partial charge < -0.3 is 4.52 Å². The number of hydrogen-bond donors (Lipinski definition) is 0. The summed E-state index contributed by atoms with van der Waals surface area (Å²) in [5.74, 6) is 0.909. The molecule has 2 aromatic carbocycles. The smallest absolute Gasteiger partial charge is 0.151 e. The Labute approximate surface area is 159 Å². The second kappa shape index (κ2) is 8.04. The quantitative estimate of drug-likeness (QED) is 0.672.